The van der Waals surface area contributed by atoms with E-state index in [0.29, 0.717) is 6.04 Å². The van der Waals surface area contributed by atoms with Crippen LogP contribution in [0.5, 0.6) is 0 Å². The van der Waals surface area contributed by atoms with Crippen LogP contribution in [0.2, 0.25) is 0 Å². The summed E-state index contributed by atoms with van der Waals surface area (Å²) in [5.41, 5.74) is 0. The van der Waals surface area contributed by atoms with Crippen LogP contribution in [-0.4, -0.2) is 33.3 Å². The van der Waals surface area contributed by atoms with Gasteiger partial charge in [0.2, 0.25) is 0 Å². The predicted octanol–water partition coefficient (Wildman–Crippen LogP) is 12.4. The lowest BCUT2D eigenvalue weighted by Crippen LogP contribution is -2.45. The van der Waals surface area contributed by atoms with Crippen molar-refractivity contribution in [3.63, 3.8) is 0 Å². The maximum absolute atomic E-state index is 5.56. The van der Waals surface area contributed by atoms with Crippen LogP contribution in [0.15, 0.2) is 4.99 Å². The van der Waals surface area contributed by atoms with Gasteiger partial charge < -0.3 is 0 Å². The minimum absolute atomic E-state index is 0.599. The fourth-order valence-corrected chi connectivity index (χ4v) is 18.6. The molecule has 14 atom stereocenters. The standard InChI is InChI=1S/C42H69NS2/c1-2-37(36-25-24-35-33-19-7-9-23-39(33)45-42(35)40(36)29-15-4-3-5-16-29)43-26-12-14-28-13-10-17-30(27-28)31-20-11-21-34-32-18-6-8-22-38(32)44-41(31)34/h26,28-42H,2-25,27H2,1H3. The third-order valence-electron chi connectivity index (χ3n) is 15.9. The molecule has 1 nitrogen and oxygen atoms in total. The second-order valence-electron chi connectivity index (χ2n) is 18.0. The molecular formula is C42H69NS2. The van der Waals surface area contributed by atoms with Crippen molar-refractivity contribution in [1.29, 1.82) is 0 Å². The summed E-state index contributed by atoms with van der Waals surface area (Å²) in [7, 11) is 0. The van der Waals surface area contributed by atoms with Gasteiger partial charge in [-0.1, -0.05) is 90.4 Å². The highest BCUT2D eigenvalue weighted by molar-refractivity contribution is 8.01. The molecule has 0 spiro atoms. The van der Waals surface area contributed by atoms with Crippen molar-refractivity contribution >= 4 is 29.7 Å². The molecule has 8 fully saturated rings. The fraction of sp³-hybridized carbons (Fsp3) is 0.976. The lowest BCUT2D eigenvalue weighted by atomic mass is 9.60. The highest BCUT2D eigenvalue weighted by Crippen LogP contribution is 2.61. The molecule has 6 saturated carbocycles. The Hall–Kier alpha value is 0.370. The second-order valence-corrected chi connectivity index (χ2v) is 20.8. The van der Waals surface area contributed by atoms with E-state index in [2.05, 4.69) is 36.7 Å². The third-order valence-corrected chi connectivity index (χ3v) is 19.7. The number of hydrogen-bond acceptors (Lipinski definition) is 3. The van der Waals surface area contributed by atoms with E-state index in [9.17, 15) is 0 Å². The highest BCUT2D eigenvalue weighted by Gasteiger charge is 2.54. The van der Waals surface area contributed by atoms with E-state index in [1.54, 1.807) is 51.4 Å². The predicted molar refractivity (Wildman–Crippen MR) is 199 cm³/mol. The van der Waals surface area contributed by atoms with E-state index in [-0.39, 0.29) is 0 Å². The van der Waals surface area contributed by atoms with Crippen LogP contribution >= 0.6 is 23.5 Å². The van der Waals surface area contributed by atoms with Crippen molar-refractivity contribution in [2.75, 3.05) is 0 Å². The second kappa shape index (κ2) is 15.1. The van der Waals surface area contributed by atoms with Crippen molar-refractivity contribution in [1.82, 2.24) is 0 Å². The van der Waals surface area contributed by atoms with Gasteiger partial charge >= 0.3 is 0 Å². The van der Waals surface area contributed by atoms with Crippen LogP contribution < -0.4 is 0 Å². The van der Waals surface area contributed by atoms with Gasteiger partial charge in [0.25, 0.3) is 0 Å². The maximum atomic E-state index is 5.56. The summed E-state index contributed by atoms with van der Waals surface area (Å²) in [5.74, 6) is 10.2. The first-order chi connectivity index (χ1) is 22.3. The van der Waals surface area contributed by atoms with Gasteiger partial charge in [0.05, 0.1) is 6.04 Å². The van der Waals surface area contributed by atoms with Gasteiger partial charge in [-0.2, -0.15) is 23.5 Å². The Morgan fingerprint density at radius 2 is 1.20 bits per heavy atom. The van der Waals surface area contributed by atoms with Crippen LogP contribution in [0.4, 0.5) is 0 Å². The zero-order chi connectivity index (χ0) is 30.2. The van der Waals surface area contributed by atoms with Crippen LogP contribution in [0, 0.1) is 59.2 Å². The molecule has 2 heterocycles. The van der Waals surface area contributed by atoms with Gasteiger partial charge in [-0.25, -0.2) is 0 Å². The Balaban J connectivity index is 0.882. The molecule has 0 aromatic heterocycles. The largest absolute Gasteiger partial charge is 0.294 e. The van der Waals surface area contributed by atoms with E-state index in [0.717, 1.165) is 80.2 Å². The molecule has 0 bridgehead atoms. The summed E-state index contributed by atoms with van der Waals surface area (Å²) in [4.78, 5) is 5.56. The van der Waals surface area contributed by atoms with Crippen molar-refractivity contribution < 1.29 is 0 Å². The first-order valence-electron chi connectivity index (χ1n) is 21.1. The zero-order valence-corrected chi connectivity index (χ0v) is 30.8. The smallest absolute Gasteiger partial charge is 0.0524 e. The minimum atomic E-state index is 0.599. The van der Waals surface area contributed by atoms with Crippen molar-refractivity contribution in [2.45, 2.75) is 194 Å². The summed E-state index contributed by atoms with van der Waals surface area (Å²) >= 11 is 5.05. The van der Waals surface area contributed by atoms with E-state index in [1.807, 2.05) is 0 Å². The average molecular weight is 652 g/mol. The van der Waals surface area contributed by atoms with Crippen LogP contribution in [0.1, 0.15) is 167 Å². The van der Waals surface area contributed by atoms with Crippen LogP contribution in [-0.2, 0) is 0 Å². The van der Waals surface area contributed by atoms with Crippen molar-refractivity contribution in [3.05, 3.63) is 0 Å². The molecule has 0 aromatic rings. The Bertz CT molecular complexity index is 974. The Morgan fingerprint density at radius 1 is 0.578 bits per heavy atom. The first-order valence-corrected chi connectivity index (χ1v) is 23.0. The monoisotopic (exact) mass is 651 g/mol. The normalized spacial score (nSPS) is 48.0. The SMILES string of the molecule is CCC(N=CCCC1CCCC(C2CCCC3C4CCCCC4SC23)C1)C1CCC2C3CCCCC3SC2C1C1CCCCC1. The number of rotatable bonds is 8. The summed E-state index contributed by atoms with van der Waals surface area (Å²) in [5, 5.41) is 4.07. The van der Waals surface area contributed by atoms with Gasteiger partial charge in [0.1, 0.15) is 0 Å². The molecule has 14 unspecified atom stereocenters. The van der Waals surface area contributed by atoms with Crippen molar-refractivity contribution in [2.24, 2.45) is 64.2 Å². The number of fused-ring (bicyclic) bond motifs is 6. The highest BCUT2D eigenvalue weighted by atomic mass is 32.2. The van der Waals surface area contributed by atoms with E-state index in [1.165, 1.54) is 109 Å². The summed E-state index contributed by atoms with van der Waals surface area (Å²) in [6, 6.07) is 0.599. The maximum Gasteiger partial charge on any atom is 0.0524 e. The van der Waals surface area contributed by atoms with Gasteiger partial charge in [-0.15, -0.1) is 0 Å². The zero-order valence-electron chi connectivity index (χ0n) is 29.2. The molecular weight excluding hydrogens is 583 g/mol. The van der Waals surface area contributed by atoms with E-state index < -0.39 is 0 Å². The Labute approximate surface area is 287 Å². The molecule has 0 amide bonds. The molecule has 3 heteroatoms. The topological polar surface area (TPSA) is 12.4 Å². The van der Waals surface area contributed by atoms with Gasteiger partial charge in [0.15, 0.2) is 0 Å². The molecule has 2 aliphatic heterocycles. The molecule has 2 saturated heterocycles. The van der Waals surface area contributed by atoms with E-state index >= 15 is 0 Å². The molecule has 0 radical (unpaired) electrons. The van der Waals surface area contributed by atoms with Crippen molar-refractivity contribution in [3.8, 4) is 0 Å². The quantitative estimate of drug-likeness (QED) is 0.242. The molecule has 6 aliphatic carbocycles. The number of nitrogens with zero attached hydrogens (tertiary/aromatic N) is 1. The summed E-state index contributed by atoms with van der Waals surface area (Å²) < 4.78 is 0. The van der Waals surface area contributed by atoms with Crippen LogP contribution in [0.25, 0.3) is 0 Å². The summed E-state index contributed by atoms with van der Waals surface area (Å²) in [6.45, 7) is 2.48. The molecule has 0 N–H and O–H groups in total. The molecule has 45 heavy (non-hydrogen) atoms. The summed E-state index contributed by atoms with van der Waals surface area (Å²) in [6.07, 6.45) is 40.2. The molecule has 254 valence electrons. The number of aliphatic imine (C=N–C) groups is 1. The van der Waals surface area contributed by atoms with Gasteiger partial charge in [0, 0.05) is 21.0 Å². The lowest BCUT2D eigenvalue weighted by molar-refractivity contribution is 0.0696. The molecule has 0 aromatic carbocycles. The fourth-order valence-electron chi connectivity index (χ4n) is 13.9. The lowest BCUT2D eigenvalue weighted by Gasteiger charge is -2.47. The number of hydrogen-bond donors (Lipinski definition) is 0. The molecule has 8 aliphatic rings. The Morgan fingerprint density at radius 3 is 1.98 bits per heavy atom. The van der Waals surface area contributed by atoms with Gasteiger partial charge in [-0.05, 0) is 142 Å². The first kappa shape index (κ1) is 32.6. The van der Waals surface area contributed by atoms with Gasteiger partial charge in [-0.3, -0.25) is 4.99 Å². The van der Waals surface area contributed by atoms with E-state index in [4.69, 9.17) is 4.99 Å². The number of thioether (sulfide) groups is 2. The van der Waals surface area contributed by atoms with Crippen LogP contribution in [0.3, 0.4) is 0 Å². The molecule has 8 rings (SSSR count). The average Bonchev–Trinajstić information content (AvgIpc) is 3.67. The third kappa shape index (κ3) is 6.78. The Kier molecular flexibility index (Phi) is 10.9. The minimum Gasteiger partial charge on any atom is -0.294 e.